The van der Waals surface area contributed by atoms with Gasteiger partial charge in [-0.3, -0.25) is 0 Å². The monoisotopic (exact) mass is 419 g/mol. The number of benzene rings is 5. The Hall–Kier alpha value is -4.04. The summed E-state index contributed by atoms with van der Waals surface area (Å²) in [7, 11) is 0. The van der Waals surface area contributed by atoms with E-state index in [1.165, 1.54) is 61.3 Å². The fourth-order valence-corrected chi connectivity index (χ4v) is 5.84. The molecule has 2 aliphatic heterocycles. The van der Waals surface area contributed by atoms with E-state index in [2.05, 4.69) is 127 Å². The maximum absolute atomic E-state index is 2.45. The van der Waals surface area contributed by atoms with Gasteiger partial charge in [-0.15, -0.1) is 0 Å². The number of anilines is 3. The highest BCUT2D eigenvalue weighted by Crippen LogP contribution is 2.42. The second kappa shape index (κ2) is 6.98. The summed E-state index contributed by atoms with van der Waals surface area (Å²) >= 11 is 0. The van der Waals surface area contributed by atoms with Crippen molar-refractivity contribution in [3.63, 3.8) is 0 Å². The van der Waals surface area contributed by atoms with Crippen molar-refractivity contribution in [3.8, 4) is 22.3 Å². The summed E-state index contributed by atoms with van der Waals surface area (Å²) in [5, 5.41) is 0. The Balaban J connectivity index is 1.68. The largest absolute Gasteiger partial charge is 0.311 e. The minimum Gasteiger partial charge on any atom is -0.311 e. The van der Waals surface area contributed by atoms with E-state index in [9.17, 15) is 0 Å². The smallest absolute Gasteiger partial charge is 0.248 e. The van der Waals surface area contributed by atoms with Crippen molar-refractivity contribution in [2.45, 2.75) is 6.92 Å². The summed E-state index contributed by atoms with van der Waals surface area (Å²) in [5.74, 6) is 0. The van der Waals surface area contributed by atoms with Gasteiger partial charge in [0, 0.05) is 17.1 Å². The lowest BCUT2D eigenvalue weighted by molar-refractivity contribution is 1.28. The first-order valence-electron chi connectivity index (χ1n) is 11.6. The van der Waals surface area contributed by atoms with Crippen LogP contribution in [-0.4, -0.2) is 6.71 Å². The fraction of sp³-hybridized carbons (Fsp3) is 0.0323. The van der Waals surface area contributed by atoms with Crippen LogP contribution in [-0.2, 0) is 0 Å². The third kappa shape index (κ3) is 2.61. The molecule has 154 valence electrons. The summed E-state index contributed by atoms with van der Waals surface area (Å²) in [6.45, 7) is 2.41. The molecule has 0 spiro atoms. The SMILES string of the molecule is Cc1cc2c3c(c1)N(c1ccccc1)c1ccccc1B3c1ccccc1-c1ccccc1-2. The predicted octanol–water partition coefficient (Wildman–Crippen LogP) is 5.94. The Morgan fingerprint density at radius 2 is 1.12 bits per heavy atom. The van der Waals surface area contributed by atoms with Gasteiger partial charge in [0.1, 0.15) is 0 Å². The molecular weight excluding hydrogens is 397 g/mol. The molecule has 0 aromatic heterocycles. The minimum atomic E-state index is 0.190. The Morgan fingerprint density at radius 1 is 0.515 bits per heavy atom. The lowest BCUT2D eigenvalue weighted by Gasteiger charge is -2.38. The molecule has 0 bridgehead atoms. The van der Waals surface area contributed by atoms with Crippen LogP contribution in [0, 0.1) is 6.92 Å². The number of rotatable bonds is 1. The van der Waals surface area contributed by atoms with E-state index in [1.807, 2.05) is 0 Å². The van der Waals surface area contributed by atoms with E-state index in [-0.39, 0.29) is 6.71 Å². The second-order valence-corrected chi connectivity index (χ2v) is 9.04. The number of hydrogen-bond donors (Lipinski definition) is 0. The average Bonchev–Trinajstić information content (AvgIpc) is 2.99. The number of para-hydroxylation sites is 2. The lowest BCUT2D eigenvalue weighted by atomic mass is 9.34. The van der Waals surface area contributed by atoms with Gasteiger partial charge in [0.15, 0.2) is 0 Å². The molecule has 2 heterocycles. The summed E-state index contributed by atoms with van der Waals surface area (Å²) in [6.07, 6.45) is 0. The topological polar surface area (TPSA) is 3.24 Å². The van der Waals surface area contributed by atoms with Crippen LogP contribution < -0.4 is 21.3 Å². The molecule has 0 amide bonds. The van der Waals surface area contributed by atoms with Gasteiger partial charge in [-0.25, -0.2) is 0 Å². The van der Waals surface area contributed by atoms with E-state index in [0.29, 0.717) is 0 Å². The van der Waals surface area contributed by atoms with Crippen molar-refractivity contribution in [1.82, 2.24) is 0 Å². The number of hydrogen-bond acceptors (Lipinski definition) is 1. The zero-order valence-corrected chi connectivity index (χ0v) is 18.5. The van der Waals surface area contributed by atoms with Crippen LogP contribution in [0.5, 0.6) is 0 Å². The van der Waals surface area contributed by atoms with Gasteiger partial charge in [-0.05, 0) is 69.9 Å². The Labute approximate surface area is 195 Å². The number of fused-ring (bicyclic) bond motifs is 7. The molecule has 0 unspecified atom stereocenters. The maximum Gasteiger partial charge on any atom is 0.248 e. The molecule has 2 aliphatic rings. The Bertz CT molecular complexity index is 1540. The first-order chi connectivity index (χ1) is 16.3. The standard InChI is InChI=1S/C31H22BN/c1-21-19-26-24-14-6-5-13-23(24)25-15-7-8-16-27(25)32-28-17-9-10-18-29(28)33(30(20-21)31(26)32)22-11-3-2-4-12-22/h2-20H,1H3. The predicted molar refractivity (Wildman–Crippen MR) is 141 cm³/mol. The third-order valence-electron chi connectivity index (χ3n) is 7.11. The van der Waals surface area contributed by atoms with Crippen molar-refractivity contribution in [3.05, 3.63) is 121 Å². The average molecular weight is 419 g/mol. The zero-order valence-electron chi connectivity index (χ0n) is 18.5. The molecule has 5 aromatic carbocycles. The van der Waals surface area contributed by atoms with Crippen LogP contribution in [0.25, 0.3) is 22.3 Å². The molecule has 5 aromatic rings. The summed E-state index contributed by atoms with van der Waals surface area (Å²) in [4.78, 5) is 2.45. The van der Waals surface area contributed by atoms with Gasteiger partial charge in [0.2, 0.25) is 6.71 Å². The van der Waals surface area contributed by atoms with Crippen molar-refractivity contribution in [1.29, 1.82) is 0 Å². The van der Waals surface area contributed by atoms with E-state index in [1.54, 1.807) is 0 Å². The van der Waals surface area contributed by atoms with E-state index in [4.69, 9.17) is 0 Å². The highest BCUT2D eigenvalue weighted by atomic mass is 15.1. The quantitative estimate of drug-likeness (QED) is 0.298. The summed E-state index contributed by atoms with van der Waals surface area (Å²) in [6, 6.07) is 42.3. The number of nitrogens with zero attached hydrogens (tertiary/aromatic N) is 1. The zero-order chi connectivity index (χ0) is 21.9. The van der Waals surface area contributed by atoms with Gasteiger partial charge in [-0.2, -0.15) is 0 Å². The van der Waals surface area contributed by atoms with Crippen molar-refractivity contribution in [2.75, 3.05) is 4.90 Å². The van der Waals surface area contributed by atoms with Gasteiger partial charge >= 0.3 is 0 Å². The maximum atomic E-state index is 2.45. The third-order valence-corrected chi connectivity index (χ3v) is 7.11. The van der Waals surface area contributed by atoms with Crippen LogP contribution in [0.4, 0.5) is 17.1 Å². The molecule has 0 aliphatic carbocycles. The summed E-state index contributed by atoms with van der Waals surface area (Å²) in [5.41, 5.74) is 14.5. The molecule has 0 radical (unpaired) electrons. The van der Waals surface area contributed by atoms with E-state index < -0.39 is 0 Å². The van der Waals surface area contributed by atoms with E-state index >= 15 is 0 Å². The fourth-order valence-electron chi connectivity index (χ4n) is 5.84. The molecule has 0 atom stereocenters. The first-order valence-corrected chi connectivity index (χ1v) is 11.6. The van der Waals surface area contributed by atoms with Crippen LogP contribution in [0.3, 0.4) is 0 Å². The molecule has 0 saturated carbocycles. The molecule has 0 N–H and O–H groups in total. The van der Waals surface area contributed by atoms with Gasteiger partial charge < -0.3 is 4.90 Å². The van der Waals surface area contributed by atoms with Crippen LogP contribution in [0.2, 0.25) is 0 Å². The van der Waals surface area contributed by atoms with Crippen molar-refractivity contribution >= 4 is 40.2 Å². The normalized spacial score (nSPS) is 12.9. The van der Waals surface area contributed by atoms with Crippen LogP contribution in [0.15, 0.2) is 115 Å². The summed E-state index contributed by atoms with van der Waals surface area (Å²) < 4.78 is 0. The second-order valence-electron chi connectivity index (χ2n) is 9.04. The molecule has 0 saturated heterocycles. The number of aryl methyl sites for hydroxylation is 1. The molecule has 1 nitrogen and oxygen atoms in total. The van der Waals surface area contributed by atoms with Crippen LogP contribution >= 0.6 is 0 Å². The van der Waals surface area contributed by atoms with Gasteiger partial charge in [0.25, 0.3) is 0 Å². The highest BCUT2D eigenvalue weighted by Gasteiger charge is 2.40. The highest BCUT2D eigenvalue weighted by molar-refractivity contribution is 6.99. The molecule has 0 fully saturated rings. The molecule has 7 rings (SSSR count). The first kappa shape index (κ1) is 18.5. The van der Waals surface area contributed by atoms with Crippen LogP contribution in [0.1, 0.15) is 5.56 Å². The minimum absolute atomic E-state index is 0.190. The van der Waals surface area contributed by atoms with E-state index in [0.717, 1.165) is 0 Å². The molecule has 2 heteroatoms. The Morgan fingerprint density at radius 3 is 1.91 bits per heavy atom. The Kier molecular flexibility index (Phi) is 3.92. The van der Waals surface area contributed by atoms with Crippen molar-refractivity contribution < 1.29 is 0 Å². The van der Waals surface area contributed by atoms with Crippen molar-refractivity contribution in [2.24, 2.45) is 0 Å². The van der Waals surface area contributed by atoms with Gasteiger partial charge in [0.05, 0.1) is 0 Å². The lowest BCUT2D eigenvalue weighted by Crippen LogP contribution is -2.57. The van der Waals surface area contributed by atoms with Gasteiger partial charge in [-0.1, -0.05) is 96.5 Å². The molecule has 33 heavy (non-hydrogen) atoms. The molecular formula is C31H22BN.